The second-order valence-corrected chi connectivity index (χ2v) is 6.08. The molecule has 0 aromatic heterocycles. The predicted molar refractivity (Wildman–Crippen MR) is 87.9 cm³/mol. The summed E-state index contributed by atoms with van der Waals surface area (Å²) in [5.41, 5.74) is 3.01. The molecule has 0 radical (unpaired) electrons. The van der Waals surface area contributed by atoms with Crippen LogP contribution in [0.5, 0.6) is 0 Å². The van der Waals surface area contributed by atoms with E-state index in [0.29, 0.717) is 18.6 Å². The first-order valence-corrected chi connectivity index (χ1v) is 7.87. The average molecular weight is 289 g/mol. The number of carbonyl (C=O) groups is 1. The number of amides is 1. The molecule has 116 valence electrons. The Balaban J connectivity index is 2.03. The van der Waals surface area contributed by atoms with E-state index in [1.165, 1.54) is 6.42 Å². The van der Waals surface area contributed by atoms with Gasteiger partial charge in [0, 0.05) is 36.4 Å². The minimum absolute atomic E-state index is 0.0000587. The maximum Gasteiger partial charge on any atom is 0.251 e. The lowest BCUT2D eigenvalue weighted by molar-refractivity contribution is 0.0956. The monoisotopic (exact) mass is 289 g/mol. The van der Waals surface area contributed by atoms with Gasteiger partial charge in [0.1, 0.15) is 0 Å². The Morgan fingerprint density at radius 1 is 1.43 bits per heavy atom. The van der Waals surface area contributed by atoms with E-state index < -0.39 is 0 Å². The molecule has 1 amide bonds. The highest BCUT2D eigenvalue weighted by molar-refractivity contribution is 5.94. The molecule has 0 bridgehead atoms. The second kappa shape index (κ2) is 6.94. The zero-order valence-corrected chi connectivity index (χ0v) is 13.6. The molecule has 0 aliphatic carbocycles. The van der Waals surface area contributed by atoms with E-state index in [9.17, 15) is 4.79 Å². The lowest BCUT2D eigenvalue weighted by atomic mass is 9.98. The van der Waals surface area contributed by atoms with E-state index in [2.05, 4.69) is 36.4 Å². The molecule has 1 fully saturated rings. The Kier molecular flexibility index (Phi) is 5.23. The van der Waals surface area contributed by atoms with Crippen molar-refractivity contribution in [1.29, 1.82) is 0 Å². The fourth-order valence-electron chi connectivity index (χ4n) is 2.87. The first-order chi connectivity index (χ1) is 10.0. The molecular formula is C17H27N3O. The number of nitrogens with zero attached hydrogens (tertiary/aromatic N) is 1. The Bertz CT molecular complexity index is 501. The smallest absolute Gasteiger partial charge is 0.251 e. The van der Waals surface area contributed by atoms with Crippen molar-refractivity contribution < 1.29 is 4.79 Å². The van der Waals surface area contributed by atoms with E-state index in [1.807, 2.05) is 25.1 Å². The van der Waals surface area contributed by atoms with Crippen LogP contribution in [0.1, 0.15) is 42.6 Å². The van der Waals surface area contributed by atoms with Crippen molar-refractivity contribution >= 4 is 11.6 Å². The number of rotatable bonds is 4. The summed E-state index contributed by atoms with van der Waals surface area (Å²) >= 11 is 0. The summed E-state index contributed by atoms with van der Waals surface area (Å²) in [7, 11) is 2.19. The van der Waals surface area contributed by atoms with Crippen LogP contribution in [0.25, 0.3) is 0 Å². The molecule has 2 unspecified atom stereocenters. The molecule has 2 atom stereocenters. The molecule has 1 aromatic carbocycles. The van der Waals surface area contributed by atoms with Crippen molar-refractivity contribution in [2.45, 2.75) is 45.7 Å². The molecule has 1 aromatic rings. The van der Waals surface area contributed by atoms with Gasteiger partial charge in [0.05, 0.1) is 0 Å². The SMILES string of the molecule is CCNC(=O)c1ccc(NC2CCN(C)C(C)C2)c(C)c1. The van der Waals surface area contributed by atoms with E-state index in [1.54, 1.807) is 0 Å². The van der Waals surface area contributed by atoms with Crippen molar-refractivity contribution in [3.63, 3.8) is 0 Å². The van der Waals surface area contributed by atoms with Gasteiger partial charge in [-0.3, -0.25) is 4.79 Å². The topological polar surface area (TPSA) is 44.4 Å². The van der Waals surface area contributed by atoms with Gasteiger partial charge in [-0.05, 0) is 64.4 Å². The molecule has 21 heavy (non-hydrogen) atoms. The van der Waals surface area contributed by atoms with Crippen LogP contribution in [0.15, 0.2) is 18.2 Å². The van der Waals surface area contributed by atoms with Gasteiger partial charge in [0.2, 0.25) is 0 Å². The lowest BCUT2D eigenvalue weighted by Gasteiger charge is -2.36. The number of aryl methyl sites for hydroxylation is 1. The van der Waals surface area contributed by atoms with Crippen molar-refractivity contribution in [2.24, 2.45) is 0 Å². The van der Waals surface area contributed by atoms with Gasteiger partial charge < -0.3 is 15.5 Å². The van der Waals surface area contributed by atoms with E-state index in [-0.39, 0.29) is 5.91 Å². The first kappa shape index (κ1) is 15.8. The molecule has 4 nitrogen and oxygen atoms in total. The van der Waals surface area contributed by atoms with Gasteiger partial charge in [-0.2, -0.15) is 0 Å². The zero-order chi connectivity index (χ0) is 15.4. The van der Waals surface area contributed by atoms with Gasteiger partial charge in [0.25, 0.3) is 5.91 Å². The number of anilines is 1. The third-order valence-corrected chi connectivity index (χ3v) is 4.39. The van der Waals surface area contributed by atoms with Crippen LogP contribution < -0.4 is 10.6 Å². The van der Waals surface area contributed by atoms with E-state index >= 15 is 0 Å². The van der Waals surface area contributed by atoms with Gasteiger partial charge in [-0.1, -0.05) is 0 Å². The molecule has 2 rings (SSSR count). The van der Waals surface area contributed by atoms with E-state index in [4.69, 9.17) is 0 Å². The Hall–Kier alpha value is -1.55. The second-order valence-electron chi connectivity index (χ2n) is 6.08. The minimum Gasteiger partial charge on any atom is -0.382 e. The Labute approximate surface area is 127 Å². The van der Waals surface area contributed by atoms with Crippen LogP contribution in [-0.4, -0.2) is 43.0 Å². The third-order valence-electron chi connectivity index (χ3n) is 4.39. The summed E-state index contributed by atoms with van der Waals surface area (Å²) in [5, 5.41) is 6.48. The highest BCUT2D eigenvalue weighted by Gasteiger charge is 2.22. The highest BCUT2D eigenvalue weighted by atomic mass is 16.1. The standard InChI is InChI=1S/C17H27N3O/c1-5-18-17(21)14-6-7-16(12(2)10-14)19-15-8-9-20(4)13(3)11-15/h6-7,10,13,15,19H,5,8-9,11H2,1-4H3,(H,18,21). The normalized spacial score (nSPS) is 22.9. The largest absolute Gasteiger partial charge is 0.382 e. The number of benzene rings is 1. The summed E-state index contributed by atoms with van der Waals surface area (Å²) < 4.78 is 0. The highest BCUT2D eigenvalue weighted by Crippen LogP contribution is 2.23. The van der Waals surface area contributed by atoms with Crippen molar-refractivity contribution in [1.82, 2.24) is 10.2 Å². The van der Waals surface area contributed by atoms with Crippen LogP contribution in [0.3, 0.4) is 0 Å². The first-order valence-electron chi connectivity index (χ1n) is 7.87. The fraction of sp³-hybridized carbons (Fsp3) is 0.588. The quantitative estimate of drug-likeness (QED) is 0.895. The summed E-state index contributed by atoms with van der Waals surface area (Å²) in [4.78, 5) is 14.2. The van der Waals surface area contributed by atoms with Crippen LogP contribution >= 0.6 is 0 Å². The van der Waals surface area contributed by atoms with Crippen molar-refractivity contribution in [2.75, 3.05) is 25.5 Å². The van der Waals surface area contributed by atoms with Gasteiger partial charge in [-0.15, -0.1) is 0 Å². The van der Waals surface area contributed by atoms with Crippen LogP contribution in [0.4, 0.5) is 5.69 Å². The fourth-order valence-corrected chi connectivity index (χ4v) is 2.87. The predicted octanol–water partition coefficient (Wildman–Crippen LogP) is 2.64. The summed E-state index contributed by atoms with van der Waals surface area (Å²) in [6.07, 6.45) is 2.33. The maximum absolute atomic E-state index is 11.8. The number of carbonyl (C=O) groups excluding carboxylic acids is 1. The van der Waals surface area contributed by atoms with Gasteiger partial charge in [0.15, 0.2) is 0 Å². The summed E-state index contributed by atoms with van der Waals surface area (Å²) in [6, 6.07) is 7.03. The number of likely N-dealkylation sites (tertiary alicyclic amines) is 1. The zero-order valence-electron chi connectivity index (χ0n) is 13.6. The molecule has 2 N–H and O–H groups in total. The summed E-state index contributed by atoms with van der Waals surface area (Å²) in [5.74, 6) is 0.0000587. The van der Waals surface area contributed by atoms with Crippen molar-refractivity contribution in [3.8, 4) is 0 Å². The Morgan fingerprint density at radius 2 is 2.19 bits per heavy atom. The molecule has 1 heterocycles. The third kappa shape index (κ3) is 3.97. The van der Waals surface area contributed by atoms with Gasteiger partial charge >= 0.3 is 0 Å². The molecule has 1 saturated heterocycles. The molecule has 0 saturated carbocycles. The van der Waals surface area contributed by atoms with Crippen LogP contribution in [0.2, 0.25) is 0 Å². The van der Waals surface area contributed by atoms with Crippen LogP contribution in [-0.2, 0) is 0 Å². The summed E-state index contributed by atoms with van der Waals surface area (Å²) in [6.45, 7) is 8.06. The number of hydrogen-bond acceptors (Lipinski definition) is 3. The number of piperidine rings is 1. The van der Waals surface area contributed by atoms with Gasteiger partial charge in [-0.25, -0.2) is 0 Å². The molecule has 1 aliphatic heterocycles. The molecular weight excluding hydrogens is 262 g/mol. The van der Waals surface area contributed by atoms with E-state index in [0.717, 1.165) is 29.8 Å². The molecule has 0 spiro atoms. The lowest BCUT2D eigenvalue weighted by Crippen LogP contribution is -2.42. The number of nitrogens with one attached hydrogen (secondary N) is 2. The molecule has 4 heteroatoms. The number of hydrogen-bond donors (Lipinski definition) is 2. The minimum atomic E-state index is 0.0000587. The molecule has 1 aliphatic rings. The Morgan fingerprint density at radius 3 is 2.81 bits per heavy atom. The van der Waals surface area contributed by atoms with Crippen LogP contribution in [0, 0.1) is 6.92 Å². The van der Waals surface area contributed by atoms with Crippen molar-refractivity contribution in [3.05, 3.63) is 29.3 Å². The average Bonchev–Trinajstić information content (AvgIpc) is 2.45. The maximum atomic E-state index is 11.8.